The van der Waals surface area contributed by atoms with Gasteiger partial charge in [0.1, 0.15) is 11.6 Å². The van der Waals surface area contributed by atoms with Gasteiger partial charge in [-0.05, 0) is 12.1 Å². The van der Waals surface area contributed by atoms with Crippen LogP contribution in [0.5, 0.6) is 0 Å². The van der Waals surface area contributed by atoms with Crippen molar-refractivity contribution in [3.05, 3.63) is 41.5 Å². The fourth-order valence-corrected chi connectivity index (χ4v) is 2.38. The lowest BCUT2D eigenvalue weighted by atomic mass is 10.2. The first-order valence-electron chi connectivity index (χ1n) is 6.98. The number of nitrogens with two attached hydrogens (primary N) is 1. The van der Waals surface area contributed by atoms with Crippen molar-refractivity contribution in [2.45, 2.75) is 13.3 Å². The average Bonchev–Trinajstić information content (AvgIpc) is 3.13. The van der Waals surface area contributed by atoms with Gasteiger partial charge in [-0.3, -0.25) is 0 Å². The molecule has 0 amide bonds. The number of esters is 1. The second-order valence-electron chi connectivity index (χ2n) is 4.89. The molecular weight excluding hydrogens is 296 g/mol. The number of anilines is 1. The zero-order valence-electron chi connectivity index (χ0n) is 12.7. The van der Waals surface area contributed by atoms with Crippen molar-refractivity contribution in [2.75, 3.05) is 12.8 Å². The Morgan fingerprint density at radius 1 is 1.52 bits per heavy atom. The number of carbonyl (C=O) groups is 1. The highest BCUT2D eigenvalue weighted by Gasteiger charge is 2.22. The molecule has 0 aliphatic carbocycles. The van der Waals surface area contributed by atoms with Crippen LogP contribution in [0.25, 0.3) is 16.8 Å². The maximum absolute atomic E-state index is 12.0. The third-order valence-corrected chi connectivity index (χ3v) is 3.54. The number of oxazole rings is 1. The summed E-state index contributed by atoms with van der Waals surface area (Å²) in [5, 5.41) is 9.14. The van der Waals surface area contributed by atoms with Crippen LogP contribution in [0.2, 0.25) is 0 Å². The standard InChI is InChI=1S/C16H14N4O3/c1-3-13-19-11-5-4-10(6-12(11)23-13)20-8-9(7-17)14(18)15(20)16(21)22-2/h4-6,8H,3,18H2,1-2H3. The first-order chi connectivity index (χ1) is 11.1. The fraction of sp³-hybridized carbons (Fsp3) is 0.188. The Balaban J connectivity index is 2.21. The molecule has 0 unspecified atom stereocenters. The number of hydrogen-bond donors (Lipinski definition) is 1. The van der Waals surface area contributed by atoms with E-state index in [0.717, 1.165) is 5.52 Å². The molecule has 1 aromatic carbocycles. The third kappa shape index (κ3) is 2.30. The van der Waals surface area contributed by atoms with Crippen LogP contribution in [0.3, 0.4) is 0 Å². The molecule has 3 aromatic rings. The number of fused-ring (bicyclic) bond motifs is 1. The van der Waals surface area contributed by atoms with Crippen molar-refractivity contribution < 1.29 is 13.9 Å². The van der Waals surface area contributed by atoms with Crippen LogP contribution in [0.15, 0.2) is 28.8 Å². The second kappa shape index (κ2) is 5.50. The topological polar surface area (TPSA) is 107 Å². The maximum Gasteiger partial charge on any atom is 0.357 e. The largest absolute Gasteiger partial charge is 0.464 e. The lowest BCUT2D eigenvalue weighted by molar-refractivity contribution is 0.0593. The van der Waals surface area contributed by atoms with Gasteiger partial charge in [-0.25, -0.2) is 9.78 Å². The highest BCUT2D eigenvalue weighted by atomic mass is 16.5. The number of nitriles is 1. The van der Waals surface area contributed by atoms with E-state index in [-0.39, 0.29) is 16.9 Å². The molecule has 0 spiro atoms. The Bertz CT molecular complexity index is 946. The summed E-state index contributed by atoms with van der Waals surface area (Å²) >= 11 is 0. The number of hydrogen-bond acceptors (Lipinski definition) is 6. The summed E-state index contributed by atoms with van der Waals surface area (Å²) in [6.45, 7) is 1.95. The maximum atomic E-state index is 12.0. The molecule has 2 heterocycles. The number of benzene rings is 1. The van der Waals surface area contributed by atoms with Crippen molar-refractivity contribution in [2.24, 2.45) is 0 Å². The van der Waals surface area contributed by atoms with Crippen LogP contribution in [0, 0.1) is 11.3 Å². The van der Waals surface area contributed by atoms with E-state index >= 15 is 0 Å². The molecule has 23 heavy (non-hydrogen) atoms. The molecule has 7 heteroatoms. The number of aryl methyl sites for hydroxylation is 1. The molecule has 0 saturated heterocycles. The second-order valence-corrected chi connectivity index (χ2v) is 4.89. The molecule has 3 rings (SSSR count). The summed E-state index contributed by atoms with van der Waals surface area (Å²) in [6.07, 6.45) is 2.19. The molecule has 0 bridgehead atoms. The van der Waals surface area contributed by atoms with Crippen molar-refractivity contribution in [1.29, 1.82) is 5.26 Å². The zero-order valence-corrected chi connectivity index (χ0v) is 12.7. The molecule has 0 radical (unpaired) electrons. The molecule has 116 valence electrons. The van der Waals surface area contributed by atoms with Crippen LogP contribution in [0.1, 0.15) is 28.9 Å². The van der Waals surface area contributed by atoms with Crippen LogP contribution in [0.4, 0.5) is 5.69 Å². The van der Waals surface area contributed by atoms with E-state index in [1.807, 2.05) is 13.0 Å². The lowest BCUT2D eigenvalue weighted by Gasteiger charge is -2.08. The Hall–Kier alpha value is -3.27. The first kappa shape index (κ1) is 14.7. The smallest absolute Gasteiger partial charge is 0.357 e. The van der Waals surface area contributed by atoms with Crippen molar-refractivity contribution in [3.63, 3.8) is 0 Å². The predicted molar refractivity (Wildman–Crippen MR) is 83.2 cm³/mol. The van der Waals surface area contributed by atoms with Crippen molar-refractivity contribution >= 4 is 22.8 Å². The summed E-state index contributed by atoms with van der Waals surface area (Å²) < 4.78 is 11.9. The van der Waals surface area contributed by atoms with Gasteiger partial charge in [0.05, 0.1) is 18.4 Å². The first-order valence-corrected chi connectivity index (χ1v) is 6.98. The summed E-state index contributed by atoms with van der Waals surface area (Å²) in [5.74, 6) is 0.0194. The molecule has 0 aliphatic heterocycles. The Labute approximate surface area is 131 Å². The molecule has 2 aromatic heterocycles. The normalized spacial score (nSPS) is 10.7. The summed E-state index contributed by atoms with van der Waals surface area (Å²) in [5.41, 5.74) is 8.25. The number of carbonyl (C=O) groups excluding carboxylic acids is 1. The van der Waals surface area contributed by atoms with Gasteiger partial charge in [0.2, 0.25) is 0 Å². The molecule has 0 aliphatic rings. The van der Waals surface area contributed by atoms with Gasteiger partial charge in [0.15, 0.2) is 17.2 Å². The molecule has 0 saturated carbocycles. The molecule has 0 atom stereocenters. The Morgan fingerprint density at radius 2 is 2.30 bits per heavy atom. The molecule has 2 N–H and O–H groups in total. The number of rotatable bonds is 3. The Morgan fingerprint density at radius 3 is 2.96 bits per heavy atom. The molecular formula is C16H14N4O3. The number of nitrogens with zero attached hydrogens (tertiary/aromatic N) is 3. The van der Waals surface area contributed by atoms with E-state index in [0.29, 0.717) is 23.6 Å². The SMILES string of the molecule is CCc1nc2ccc(-n3cc(C#N)c(N)c3C(=O)OC)cc2o1. The number of methoxy groups -OCH3 is 1. The van der Waals surface area contributed by atoms with E-state index in [9.17, 15) is 4.79 Å². The summed E-state index contributed by atoms with van der Waals surface area (Å²) in [4.78, 5) is 16.3. The van der Waals surface area contributed by atoms with E-state index in [1.54, 1.807) is 18.2 Å². The van der Waals surface area contributed by atoms with E-state index in [1.165, 1.54) is 17.9 Å². The monoisotopic (exact) mass is 310 g/mol. The van der Waals surface area contributed by atoms with Crippen molar-refractivity contribution in [3.8, 4) is 11.8 Å². The highest BCUT2D eigenvalue weighted by Crippen LogP contribution is 2.27. The van der Waals surface area contributed by atoms with Gasteiger partial charge in [0, 0.05) is 24.4 Å². The highest BCUT2D eigenvalue weighted by molar-refractivity contribution is 5.96. The van der Waals surface area contributed by atoms with Gasteiger partial charge < -0.3 is 19.5 Å². The summed E-state index contributed by atoms with van der Waals surface area (Å²) in [7, 11) is 1.26. The van der Waals surface area contributed by atoms with Crippen molar-refractivity contribution in [1.82, 2.24) is 9.55 Å². The minimum absolute atomic E-state index is 0.0891. The van der Waals surface area contributed by atoms with Gasteiger partial charge in [-0.1, -0.05) is 6.92 Å². The third-order valence-electron chi connectivity index (χ3n) is 3.54. The van der Waals surface area contributed by atoms with Crippen LogP contribution in [-0.4, -0.2) is 22.6 Å². The number of nitrogen functional groups attached to an aromatic ring is 1. The minimum atomic E-state index is -0.615. The average molecular weight is 310 g/mol. The fourth-order valence-electron chi connectivity index (χ4n) is 2.38. The number of aromatic nitrogens is 2. The minimum Gasteiger partial charge on any atom is -0.464 e. The van der Waals surface area contributed by atoms with E-state index in [4.69, 9.17) is 20.1 Å². The van der Waals surface area contributed by atoms with E-state index in [2.05, 4.69) is 4.98 Å². The summed E-state index contributed by atoms with van der Waals surface area (Å²) in [6, 6.07) is 7.27. The van der Waals surface area contributed by atoms with E-state index < -0.39 is 5.97 Å². The molecule has 7 nitrogen and oxygen atoms in total. The molecule has 0 fully saturated rings. The van der Waals surface area contributed by atoms with Gasteiger partial charge in [-0.15, -0.1) is 0 Å². The van der Waals surface area contributed by atoms with Crippen LogP contribution in [-0.2, 0) is 11.2 Å². The van der Waals surface area contributed by atoms with Crippen LogP contribution >= 0.6 is 0 Å². The van der Waals surface area contributed by atoms with Gasteiger partial charge >= 0.3 is 5.97 Å². The van der Waals surface area contributed by atoms with Gasteiger partial charge in [-0.2, -0.15) is 5.26 Å². The lowest BCUT2D eigenvalue weighted by Crippen LogP contribution is -2.11. The quantitative estimate of drug-likeness (QED) is 0.744. The zero-order chi connectivity index (χ0) is 16.6. The van der Waals surface area contributed by atoms with Gasteiger partial charge in [0.25, 0.3) is 0 Å². The number of ether oxygens (including phenoxy) is 1. The van der Waals surface area contributed by atoms with Crippen LogP contribution < -0.4 is 5.73 Å². The predicted octanol–water partition coefficient (Wildman–Crippen LogP) is 2.42. The Kier molecular flexibility index (Phi) is 3.50.